The Morgan fingerprint density at radius 1 is 0.862 bits per heavy atom. The van der Waals surface area contributed by atoms with Crippen molar-refractivity contribution in [3.05, 3.63) is 59.7 Å². The molecule has 0 aliphatic carbocycles. The van der Waals surface area contributed by atoms with Gasteiger partial charge in [-0.05, 0) is 61.1 Å². The predicted octanol–water partition coefficient (Wildman–Crippen LogP) is 3.78. The summed E-state index contributed by atoms with van der Waals surface area (Å²) in [6, 6.07) is 16.1. The first-order valence-corrected chi connectivity index (χ1v) is 12.2. The van der Waals surface area contributed by atoms with Crippen LogP contribution in [0.4, 0.5) is 5.69 Å². The van der Waals surface area contributed by atoms with Gasteiger partial charge in [-0.3, -0.25) is 0 Å². The van der Waals surface area contributed by atoms with Gasteiger partial charge in [0, 0.05) is 25.3 Å². The summed E-state index contributed by atoms with van der Waals surface area (Å²) < 4.78 is 32.4. The van der Waals surface area contributed by atoms with Gasteiger partial charge in [0.15, 0.2) is 0 Å². The van der Waals surface area contributed by atoms with Crippen molar-refractivity contribution in [2.75, 3.05) is 37.4 Å². The average Bonchev–Trinajstić information content (AvgIpc) is 3.03. The molecule has 29 heavy (non-hydrogen) atoms. The van der Waals surface area contributed by atoms with Crippen LogP contribution in [0.2, 0.25) is 0 Å². The molecule has 1 saturated heterocycles. The number of benzene rings is 2. The second kappa shape index (κ2) is 10.6. The molecule has 0 unspecified atom stereocenters. The second-order valence-corrected chi connectivity index (χ2v) is 9.56. The number of nitrogens with one attached hydrogen (secondary N) is 1. The zero-order chi connectivity index (χ0) is 20.5. The van der Waals surface area contributed by atoms with Crippen molar-refractivity contribution in [3.8, 4) is 5.75 Å². The summed E-state index contributed by atoms with van der Waals surface area (Å²) in [5, 5.41) is 0. The number of rotatable bonds is 9. The third-order valence-corrected chi connectivity index (χ3v) is 6.85. The fourth-order valence-electron chi connectivity index (χ4n) is 3.67. The molecule has 0 spiro atoms. The molecule has 1 fully saturated rings. The number of aryl methyl sites for hydroxylation is 1. The molecule has 3 rings (SSSR count). The van der Waals surface area contributed by atoms with Gasteiger partial charge in [-0.1, -0.05) is 37.1 Å². The van der Waals surface area contributed by atoms with Crippen LogP contribution >= 0.6 is 0 Å². The first-order valence-electron chi connectivity index (χ1n) is 10.5. The SMILES string of the molecule is COc1ccc(CCS(=O)(=O)NCCc2ccc(N3CCCCCC3)cc2)cc1. The van der Waals surface area contributed by atoms with Crippen LogP contribution < -0.4 is 14.4 Å². The summed E-state index contributed by atoms with van der Waals surface area (Å²) in [7, 11) is -1.67. The lowest BCUT2D eigenvalue weighted by Crippen LogP contribution is -2.29. The van der Waals surface area contributed by atoms with Crippen molar-refractivity contribution in [3.63, 3.8) is 0 Å². The number of methoxy groups -OCH3 is 1. The number of anilines is 1. The van der Waals surface area contributed by atoms with Crippen LogP contribution in [0, 0.1) is 0 Å². The maximum Gasteiger partial charge on any atom is 0.211 e. The third kappa shape index (κ3) is 7.05. The molecule has 5 nitrogen and oxygen atoms in total. The van der Waals surface area contributed by atoms with Gasteiger partial charge in [0.05, 0.1) is 12.9 Å². The summed E-state index contributed by atoms with van der Waals surface area (Å²) in [5.41, 5.74) is 3.41. The van der Waals surface area contributed by atoms with Crippen molar-refractivity contribution >= 4 is 15.7 Å². The van der Waals surface area contributed by atoms with E-state index in [4.69, 9.17) is 4.74 Å². The third-order valence-electron chi connectivity index (χ3n) is 5.46. The number of hydrogen-bond acceptors (Lipinski definition) is 4. The summed E-state index contributed by atoms with van der Waals surface area (Å²) >= 11 is 0. The molecule has 1 N–H and O–H groups in total. The lowest BCUT2D eigenvalue weighted by atomic mass is 10.1. The Labute approximate surface area is 175 Å². The quantitative estimate of drug-likeness (QED) is 0.676. The van der Waals surface area contributed by atoms with Crippen molar-refractivity contribution in [2.45, 2.75) is 38.5 Å². The summed E-state index contributed by atoms with van der Waals surface area (Å²) in [4.78, 5) is 2.46. The van der Waals surface area contributed by atoms with E-state index in [0.29, 0.717) is 19.4 Å². The van der Waals surface area contributed by atoms with E-state index < -0.39 is 10.0 Å². The van der Waals surface area contributed by atoms with Crippen molar-refractivity contribution < 1.29 is 13.2 Å². The van der Waals surface area contributed by atoms with Crippen LogP contribution in [-0.2, 0) is 22.9 Å². The lowest BCUT2D eigenvalue weighted by molar-refractivity contribution is 0.414. The Kier molecular flexibility index (Phi) is 7.95. The van der Waals surface area contributed by atoms with E-state index >= 15 is 0 Å². The molecule has 1 aliphatic rings. The minimum atomic E-state index is -3.28. The smallest absolute Gasteiger partial charge is 0.211 e. The zero-order valence-electron chi connectivity index (χ0n) is 17.3. The fourth-order valence-corrected chi connectivity index (χ4v) is 4.73. The largest absolute Gasteiger partial charge is 0.497 e. The highest BCUT2D eigenvalue weighted by Gasteiger charge is 2.11. The molecule has 0 saturated carbocycles. The standard InChI is InChI=1S/C23H32N2O3S/c1-28-23-12-8-21(9-13-23)15-19-29(26,27)24-16-14-20-6-10-22(11-7-20)25-17-4-2-3-5-18-25/h6-13,24H,2-5,14-19H2,1H3. The highest BCUT2D eigenvalue weighted by atomic mass is 32.2. The summed E-state index contributed by atoms with van der Waals surface area (Å²) in [5.74, 6) is 0.865. The molecule has 0 radical (unpaired) electrons. The van der Waals surface area contributed by atoms with E-state index in [9.17, 15) is 8.42 Å². The normalized spacial score (nSPS) is 15.1. The van der Waals surface area contributed by atoms with E-state index in [0.717, 1.165) is 30.0 Å². The minimum Gasteiger partial charge on any atom is -0.497 e. The summed E-state index contributed by atoms with van der Waals surface area (Å²) in [6.45, 7) is 2.69. The van der Waals surface area contributed by atoms with Crippen LogP contribution in [0.3, 0.4) is 0 Å². The van der Waals surface area contributed by atoms with Crippen molar-refractivity contribution in [2.24, 2.45) is 0 Å². The molecular weight excluding hydrogens is 384 g/mol. The zero-order valence-corrected chi connectivity index (χ0v) is 18.1. The summed E-state index contributed by atoms with van der Waals surface area (Å²) in [6.07, 6.45) is 6.37. The number of sulfonamides is 1. The Bertz CT molecular complexity index is 841. The van der Waals surface area contributed by atoms with E-state index in [1.807, 2.05) is 24.3 Å². The van der Waals surface area contributed by atoms with E-state index in [-0.39, 0.29) is 5.75 Å². The van der Waals surface area contributed by atoms with E-state index in [2.05, 4.69) is 33.9 Å². The Morgan fingerprint density at radius 2 is 1.45 bits per heavy atom. The topological polar surface area (TPSA) is 58.6 Å². The first kappa shape index (κ1) is 21.7. The number of hydrogen-bond donors (Lipinski definition) is 1. The van der Waals surface area contributed by atoms with Crippen LogP contribution in [0.25, 0.3) is 0 Å². The van der Waals surface area contributed by atoms with Gasteiger partial charge in [0.2, 0.25) is 10.0 Å². The van der Waals surface area contributed by atoms with Gasteiger partial charge >= 0.3 is 0 Å². The Morgan fingerprint density at radius 3 is 2.07 bits per heavy atom. The molecule has 2 aromatic carbocycles. The van der Waals surface area contributed by atoms with Crippen LogP contribution in [0.15, 0.2) is 48.5 Å². The van der Waals surface area contributed by atoms with Gasteiger partial charge in [0.25, 0.3) is 0 Å². The Balaban J connectivity index is 1.43. The first-order chi connectivity index (χ1) is 14.1. The van der Waals surface area contributed by atoms with Gasteiger partial charge in [-0.15, -0.1) is 0 Å². The van der Waals surface area contributed by atoms with E-state index in [1.54, 1.807) is 7.11 Å². The molecule has 1 aliphatic heterocycles. The maximum absolute atomic E-state index is 12.3. The predicted molar refractivity (Wildman–Crippen MR) is 119 cm³/mol. The molecule has 0 bridgehead atoms. The van der Waals surface area contributed by atoms with Crippen LogP contribution in [0.5, 0.6) is 5.75 Å². The monoisotopic (exact) mass is 416 g/mol. The van der Waals surface area contributed by atoms with Gasteiger partial charge < -0.3 is 9.64 Å². The van der Waals surface area contributed by atoms with Gasteiger partial charge in [0.1, 0.15) is 5.75 Å². The van der Waals surface area contributed by atoms with E-state index in [1.165, 1.54) is 31.4 Å². The second-order valence-electron chi connectivity index (χ2n) is 7.63. The highest BCUT2D eigenvalue weighted by Crippen LogP contribution is 2.20. The molecular formula is C23H32N2O3S. The van der Waals surface area contributed by atoms with Gasteiger partial charge in [-0.2, -0.15) is 0 Å². The maximum atomic E-state index is 12.3. The molecule has 0 aromatic heterocycles. The Hall–Kier alpha value is -2.05. The number of ether oxygens (including phenoxy) is 1. The van der Waals surface area contributed by atoms with Crippen LogP contribution in [0.1, 0.15) is 36.8 Å². The number of nitrogens with zero attached hydrogens (tertiary/aromatic N) is 1. The van der Waals surface area contributed by atoms with Gasteiger partial charge in [-0.25, -0.2) is 13.1 Å². The molecule has 2 aromatic rings. The molecule has 158 valence electrons. The average molecular weight is 417 g/mol. The molecule has 0 amide bonds. The molecule has 6 heteroatoms. The lowest BCUT2D eigenvalue weighted by Gasteiger charge is -2.22. The molecule has 1 heterocycles. The fraction of sp³-hybridized carbons (Fsp3) is 0.478. The highest BCUT2D eigenvalue weighted by molar-refractivity contribution is 7.89. The van der Waals surface area contributed by atoms with Crippen molar-refractivity contribution in [1.29, 1.82) is 0 Å². The van der Waals surface area contributed by atoms with Crippen molar-refractivity contribution in [1.82, 2.24) is 4.72 Å². The molecule has 0 atom stereocenters. The van der Waals surface area contributed by atoms with Crippen LogP contribution in [-0.4, -0.2) is 40.9 Å². The minimum absolute atomic E-state index is 0.0905.